The first-order valence-electron chi connectivity index (χ1n) is 2.28. The van der Waals surface area contributed by atoms with E-state index in [0.717, 1.165) is 0 Å². The van der Waals surface area contributed by atoms with E-state index in [1.165, 1.54) is 19.3 Å². The summed E-state index contributed by atoms with van der Waals surface area (Å²) in [6.07, 6.45) is 4.50. The van der Waals surface area contributed by atoms with E-state index in [1.54, 1.807) is 0 Å². The third kappa shape index (κ3) is 129. The molecule has 0 saturated heterocycles. The van der Waals surface area contributed by atoms with Crippen LogP contribution >= 0.6 is 7.82 Å². The van der Waals surface area contributed by atoms with Gasteiger partial charge in [0.1, 0.15) is 0 Å². The highest BCUT2D eigenvalue weighted by molar-refractivity contribution is 7.45. The highest BCUT2D eigenvalue weighted by atomic mass is 31.2. The predicted octanol–water partition coefficient (Wildman–Crippen LogP) is 0.242. The Hall–Kier alpha value is 0.110. The quantitative estimate of drug-likeness (QED) is 0.421. The molecule has 3 N–H and O–H groups in total. The van der Waals surface area contributed by atoms with Gasteiger partial charge in [-0.1, -0.05) is 19.3 Å². The summed E-state index contributed by atoms with van der Waals surface area (Å²) < 4.78 is 8.88. The van der Waals surface area contributed by atoms with E-state index in [1.807, 2.05) is 0 Å². The monoisotopic (exact) mass is 140 g/mol. The van der Waals surface area contributed by atoms with Gasteiger partial charge in [0, 0.05) is 0 Å². The van der Waals surface area contributed by atoms with Crippen LogP contribution in [0.2, 0.25) is 0 Å². The first-order chi connectivity index (χ1) is 3.50. The van der Waals surface area contributed by atoms with Crippen molar-refractivity contribution in [3.8, 4) is 0 Å². The van der Waals surface area contributed by atoms with Gasteiger partial charge in [-0.25, -0.2) is 4.57 Å². The second kappa shape index (κ2) is 3.20. The molecule has 1 fully saturated rings. The second-order valence-electron chi connectivity index (χ2n) is 1.57. The maximum atomic E-state index is 8.88. The van der Waals surface area contributed by atoms with Crippen LogP contribution in [0.5, 0.6) is 0 Å². The zero-order valence-corrected chi connectivity index (χ0v) is 5.21. The van der Waals surface area contributed by atoms with Gasteiger partial charge < -0.3 is 14.7 Å². The third-order valence-electron chi connectivity index (χ3n) is 0.354. The number of rotatable bonds is 0. The van der Waals surface area contributed by atoms with Crippen molar-refractivity contribution in [2.75, 3.05) is 0 Å². The molecule has 4 nitrogen and oxygen atoms in total. The van der Waals surface area contributed by atoms with Crippen molar-refractivity contribution in [1.29, 1.82) is 0 Å². The average Bonchev–Trinajstić information content (AvgIpc) is 1.95. The van der Waals surface area contributed by atoms with Crippen molar-refractivity contribution < 1.29 is 19.2 Å². The molecule has 0 bridgehead atoms. The lowest BCUT2D eigenvalue weighted by atomic mass is 11.0. The van der Waals surface area contributed by atoms with E-state index >= 15 is 0 Å². The molecule has 0 heterocycles. The molecule has 0 amide bonds. The van der Waals surface area contributed by atoms with E-state index in [-0.39, 0.29) is 0 Å². The van der Waals surface area contributed by atoms with Crippen molar-refractivity contribution in [1.82, 2.24) is 0 Å². The van der Waals surface area contributed by atoms with Gasteiger partial charge in [-0.15, -0.1) is 0 Å². The molecule has 0 aromatic heterocycles. The van der Waals surface area contributed by atoms with E-state index in [2.05, 4.69) is 0 Å². The topological polar surface area (TPSA) is 77.8 Å². The van der Waals surface area contributed by atoms with Crippen LogP contribution in [-0.2, 0) is 4.57 Å². The maximum Gasteiger partial charge on any atom is 0.466 e. The largest absolute Gasteiger partial charge is 0.466 e. The molecule has 50 valence electrons. The minimum atomic E-state index is -4.64. The summed E-state index contributed by atoms with van der Waals surface area (Å²) in [4.78, 5) is 21.6. The summed E-state index contributed by atoms with van der Waals surface area (Å²) >= 11 is 0. The van der Waals surface area contributed by atoms with E-state index in [0.29, 0.717) is 0 Å². The Bertz CT molecular complexity index is 82.4. The Morgan fingerprint density at radius 3 is 1.12 bits per heavy atom. The summed E-state index contributed by atoms with van der Waals surface area (Å²) in [7, 11) is -4.64. The molecule has 1 rings (SSSR count). The van der Waals surface area contributed by atoms with Gasteiger partial charge in [0.15, 0.2) is 0 Å². The standard InChI is InChI=1S/C3H6.H3O4P/c1-2-3-1;1-5(2,3)4/h1-3H2;(H3,1,2,3,4). The molecule has 0 atom stereocenters. The molecule has 1 saturated carbocycles. The van der Waals surface area contributed by atoms with Crippen LogP contribution in [0.3, 0.4) is 0 Å². The first kappa shape index (κ1) is 8.11. The van der Waals surface area contributed by atoms with Gasteiger partial charge in [-0.3, -0.25) is 0 Å². The van der Waals surface area contributed by atoms with Crippen LogP contribution < -0.4 is 0 Å². The molecule has 0 radical (unpaired) electrons. The fraction of sp³-hybridized carbons (Fsp3) is 1.00. The number of hydrogen-bond acceptors (Lipinski definition) is 1. The Morgan fingerprint density at radius 1 is 1.00 bits per heavy atom. The lowest BCUT2D eigenvalue weighted by Gasteiger charge is -1.82. The Morgan fingerprint density at radius 2 is 1.12 bits per heavy atom. The average molecular weight is 140 g/mol. The SMILES string of the molecule is C1CC1.O=P(O)(O)O. The van der Waals surface area contributed by atoms with Crippen LogP contribution in [0.4, 0.5) is 0 Å². The molecule has 1 aliphatic carbocycles. The minimum absolute atomic E-state index is 1.50. The van der Waals surface area contributed by atoms with E-state index in [9.17, 15) is 0 Å². The number of hydrogen-bond donors (Lipinski definition) is 3. The van der Waals surface area contributed by atoms with Crippen LogP contribution in [0.1, 0.15) is 19.3 Å². The molecular weight excluding hydrogens is 131 g/mol. The molecule has 0 spiro atoms. The lowest BCUT2D eigenvalue weighted by Crippen LogP contribution is -1.66. The molecular formula is C3H9O4P. The highest BCUT2D eigenvalue weighted by Gasteiger charge is 2.00. The summed E-state index contributed by atoms with van der Waals surface area (Å²) in [6, 6.07) is 0. The lowest BCUT2D eigenvalue weighted by molar-refractivity contribution is 0.275. The van der Waals surface area contributed by atoms with Crippen molar-refractivity contribution in [2.24, 2.45) is 0 Å². The van der Waals surface area contributed by atoms with Crippen LogP contribution in [-0.4, -0.2) is 14.7 Å². The fourth-order valence-electron chi connectivity index (χ4n) is 0. The van der Waals surface area contributed by atoms with Crippen LogP contribution in [0.25, 0.3) is 0 Å². The van der Waals surface area contributed by atoms with Gasteiger partial charge >= 0.3 is 7.82 Å². The van der Waals surface area contributed by atoms with Crippen molar-refractivity contribution >= 4 is 7.82 Å². The van der Waals surface area contributed by atoms with Crippen molar-refractivity contribution in [3.63, 3.8) is 0 Å². The van der Waals surface area contributed by atoms with Crippen molar-refractivity contribution in [3.05, 3.63) is 0 Å². The van der Waals surface area contributed by atoms with E-state index < -0.39 is 7.82 Å². The Balaban J connectivity index is 0.000000135. The van der Waals surface area contributed by atoms with E-state index in [4.69, 9.17) is 19.2 Å². The van der Waals surface area contributed by atoms with Gasteiger partial charge in [0.2, 0.25) is 0 Å². The molecule has 1 aliphatic rings. The summed E-state index contributed by atoms with van der Waals surface area (Å²) in [5.74, 6) is 0. The Kier molecular flexibility index (Phi) is 3.24. The maximum absolute atomic E-state index is 8.88. The van der Waals surface area contributed by atoms with Gasteiger partial charge in [0.25, 0.3) is 0 Å². The van der Waals surface area contributed by atoms with Gasteiger partial charge in [-0.05, 0) is 0 Å². The second-order valence-corrected chi connectivity index (χ2v) is 2.60. The number of phosphoric acid groups is 1. The van der Waals surface area contributed by atoms with Crippen LogP contribution in [0.15, 0.2) is 0 Å². The third-order valence-corrected chi connectivity index (χ3v) is 0.354. The molecule has 0 aromatic carbocycles. The molecule has 8 heavy (non-hydrogen) atoms. The van der Waals surface area contributed by atoms with Gasteiger partial charge in [0.05, 0.1) is 0 Å². The smallest absolute Gasteiger partial charge is 0.303 e. The van der Waals surface area contributed by atoms with Crippen LogP contribution in [0, 0.1) is 0 Å². The minimum Gasteiger partial charge on any atom is -0.303 e. The van der Waals surface area contributed by atoms with Gasteiger partial charge in [-0.2, -0.15) is 0 Å². The first-order valence-corrected chi connectivity index (χ1v) is 3.85. The predicted molar refractivity (Wildman–Crippen MR) is 28.1 cm³/mol. The normalized spacial score (nSPS) is 16.4. The fourth-order valence-corrected chi connectivity index (χ4v) is 0. The molecule has 0 aliphatic heterocycles. The summed E-state index contributed by atoms with van der Waals surface area (Å²) in [5.41, 5.74) is 0. The summed E-state index contributed by atoms with van der Waals surface area (Å²) in [6.45, 7) is 0. The molecule has 0 aromatic rings. The molecule has 0 unspecified atom stereocenters. The Labute approximate surface area is 47.4 Å². The summed E-state index contributed by atoms with van der Waals surface area (Å²) in [5, 5.41) is 0. The zero-order chi connectivity index (χ0) is 6.62. The highest BCUT2D eigenvalue weighted by Crippen LogP contribution is 2.25. The zero-order valence-electron chi connectivity index (χ0n) is 4.32. The molecule has 5 heteroatoms. The van der Waals surface area contributed by atoms with Crippen molar-refractivity contribution in [2.45, 2.75) is 19.3 Å².